The van der Waals surface area contributed by atoms with E-state index in [0.29, 0.717) is 34.7 Å². The topological polar surface area (TPSA) is 84.8 Å². The molecule has 0 bridgehead atoms. The largest absolute Gasteiger partial charge is 0.462 e. The van der Waals surface area contributed by atoms with Gasteiger partial charge in [-0.2, -0.15) is 5.10 Å². The van der Waals surface area contributed by atoms with Gasteiger partial charge in [-0.25, -0.2) is 4.79 Å². The number of hydrogen-bond acceptors (Lipinski definition) is 6. The number of hydrogen-bond donors (Lipinski definition) is 1. The zero-order valence-corrected chi connectivity index (χ0v) is 18.4. The van der Waals surface area contributed by atoms with E-state index in [0.717, 1.165) is 43.8 Å². The van der Waals surface area contributed by atoms with Crippen molar-refractivity contribution in [2.45, 2.75) is 46.5 Å². The summed E-state index contributed by atoms with van der Waals surface area (Å²) in [4.78, 5) is 35.5. The van der Waals surface area contributed by atoms with E-state index in [1.807, 2.05) is 19.1 Å². The Kier molecular flexibility index (Phi) is 9.62. The van der Waals surface area contributed by atoms with E-state index in [1.54, 1.807) is 37.3 Å². The maximum atomic E-state index is 12.0. The molecule has 0 aromatic heterocycles. The van der Waals surface area contributed by atoms with Gasteiger partial charge >= 0.3 is 5.97 Å². The molecule has 0 saturated heterocycles. The minimum atomic E-state index is -0.380. The van der Waals surface area contributed by atoms with Crippen molar-refractivity contribution < 1.29 is 19.1 Å². The number of unbranched alkanes of at least 4 members (excludes halogenated alkanes) is 1. The fourth-order valence-electron chi connectivity index (χ4n) is 3.37. The Morgan fingerprint density at radius 2 is 1.87 bits per heavy atom. The number of hydrazone groups is 1. The summed E-state index contributed by atoms with van der Waals surface area (Å²) >= 11 is 0. The molecule has 6 heteroatoms. The van der Waals surface area contributed by atoms with Crippen LogP contribution in [0.25, 0.3) is 0 Å². The first-order chi connectivity index (χ1) is 15.1. The zero-order valence-electron chi connectivity index (χ0n) is 18.4. The molecule has 1 aromatic rings. The Hall–Kier alpha value is -3.28. The smallest absolute Gasteiger partial charge is 0.338 e. The van der Waals surface area contributed by atoms with Crippen molar-refractivity contribution in [1.82, 2.24) is 0 Å². The summed E-state index contributed by atoms with van der Waals surface area (Å²) in [7, 11) is 0. The predicted octanol–water partition coefficient (Wildman–Crippen LogP) is 5.04. The number of benzene rings is 1. The number of nitrogens with zero attached hydrogens (tertiary/aromatic N) is 1. The van der Waals surface area contributed by atoms with Crippen molar-refractivity contribution in [2.24, 2.45) is 11.0 Å². The molecule has 1 aromatic carbocycles. The maximum Gasteiger partial charge on any atom is 0.338 e. The average molecular weight is 423 g/mol. The molecule has 6 nitrogen and oxygen atoms in total. The molecule has 0 amide bonds. The van der Waals surface area contributed by atoms with Gasteiger partial charge in [-0.05, 0) is 50.1 Å². The van der Waals surface area contributed by atoms with E-state index >= 15 is 0 Å². The van der Waals surface area contributed by atoms with Crippen LogP contribution >= 0.6 is 0 Å². The van der Waals surface area contributed by atoms with E-state index in [1.165, 1.54) is 0 Å². The SMILES string of the molecule is CCC=CC1=C(C=O)C(CCCC)C(C=O)=CC1=NNc1ccc(C(=O)OCC)cc1. The van der Waals surface area contributed by atoms with Crippen LogP contribution in [-0.2, 0) is 14.3 Å². The third-order valence-corrected chi connectivity index (χ3v) is 5.00. The number of rotatable bonds is 11. The molecule has 1 unspecified atom stereocenters. The fraction of sp³-hybridized carbons (Fsp3) is 0.360. The van der Waals surface area contributed by atoms with Crippen molar-refractivity contribution in [2.75, 3.05) is 12.0 Å². The number of nitrogens with one attached hydrogen (secondary N) is 1. The summed E-state index contributed by atoms with van der Waals surface area (Å²) in [6, 6.07) is 6.75. The first kappa shape index (κ1) is 24.0. The molecule has 164 valence electrons. The van der Waals surface area contributed by atoms with Gasteiger partial charge in [-0.1, -0.05) is 38.8 Å². The lowest BCUT2D eigenvalue weighted by Crippen LogP contribution is -2.21. The van der Waals surface area contributed by atoms with Gasteiger partial charge in [0, 0.05) is 22.6 Å². The molecular weight excluding hydrogens is 392 g/mol. The summed E-state index contributed by atoms with van der Waals surface area (Å²) in [6.07, 6.45) is 10.7. The molecule has 0 radical (unpaired) electrons. The summed E-state index contributed by atoms with van der Waals surface area (Å²) in [5, 5.41) is 4.46. The molecular formula is C25H30N2O4. The van der Waals surface area contributed by atoms with Crippen molar-refractivity contribution in [1.29, 1.82) is 0 Å². The number of anilines is 1. The molecule has 2 rings (SSSR count). The highest BCUT2D eigenvalue weighted by Crippen LogP contribution is 2.32. The van der Waals surface area contributed by atoms with Crippen LogP contribution in [0, 0.1) is 5.92 Å². The molecule has 1 aliphatic rings. The minimum Gasteiger partial charge on any atom is -0.462 e. The second-order valence-electron chi connectivity index (χ2n) is 7.16. The summed E-state index contributed by atoms with van der Waals surface area (Å²) in [6.45, 7) is 6.17. The van der Waals surface area contributed by atoms with E-state index in [9.17, 15) is 14.4 Å². The summed E-state index contributed by atoms with van der Waals surface area (Å²) in [5.74, 6) is -0.593. The van der Waals surface area contributed by atoms with Crippen LogP contribution in [-0.4, -0.2) is 30.9 Å². The Morgan fingerprint density at radius 1 is 1.13 bits per heavy atom. The average Bonchev–Trinajstić information content (AvgIpc) is 2.80. The van der Waals surface area contributed by atoms with Crippen LogP contribution in [0.3, 0.4) is 0 Å². The van der Waals surface area contributed by atoms with Gasteiger partial charge in [0.05, 0.1) is 23.6 Å². The van der Waals surface area contributed by atoms with Gasteiger partial charge in [-0.15, -0.1) is 0 Å². The lowest BCUT2D eigenvalue weighted by atomic mass is 9.79. The van der Waals surface area contributed by atoms with Gasteiger partial charge in [0.25, 0.3) is 0 Å². The second kappa shape index (κ2) is 12.4. The molecule has 0 saturated carbocycles. The monoisotopic (exact) mass is 422 g/mol. The van der Waals surface area contributed by atoms with E-state index in [2.05, 4.69) is 17.5 Å². The maximum absolute atomic E-state index is 12.0. The molecule has 0 heterocycles. The predicted molar refractivity (Wildman–Crippen MR) is 123 cm³/mol. The Labute approximate surface area is 183 Å². The molecule has 1 aliphatic carbocycles. The van der Waals surface area contributed by atoms with Crippen molar-refractivity contribution in [3.63, 3.8) is 0 Å². The number of ether oxygens (including phenoxy) is 1. The lowest BCUT2D eigenvalue weighted by molar-refractivity contribution is -0.105. The van der Waals surface area contributed by atoms with Crippen LogP contribution in [0.15, 0.2) is 64.3 Å². The minimum absolute atomic E-state index is 0.214. The standard InChI is InChI=1S/C25H30N2O4/c1-4-7-9-21-19(16-28)15-24(22(10-8-5-2)23(21)17-29)27-26-20-13-11-18(12-14-20)25(30)31-6-3/h8,10-17,21,26H,4-7,9H2,1-3H3. The van der Waals surface area contributed by atoms with Crippen molar-refractivity contribution in [3.05, 3.63) is 64.8 Å². The number of aldehydes is 2. The summed E-state index contributed by atoms with van der Waals surface area (Å²) in [5.41, 5.74) is 6.47. The number of esters is 1. The lowest BCUT2D eigenvalue weighted by Gasteiger charge is -2.24. The first-order valence-corrected chi connectivity index (χ1v) is 10.7. The third kappa shape index (κ3) is 6.35. The molecule has 31 heavy (non-hydrogen) atoms. The van der Waals surface area contributed by atoms with E-state index in [4.69, 9.17) is 4.74 Å². The first-order valence-electron chi connectivity index (χ1n) is 10.7. The quantitative estimate of drug-likeness (QED) is 0.307. The number of carbonyl (C=O) groups is 3. The van der Waals surface area contributed by atoms with Crippen LogP contribution in [0.5, 0.6) is 0 Å². The zero-order chi connectivity index (χ0) is 22.6. The van der Waals surface area contributed by atoms with Crippen molar-refractivity contribution in [3.8, 4) is 0 Å². The third-order valence-electron chi connectivity index (χ3n) is 5.00. The molecule has 1 atom stereocenters. The molecule has 0 spiro atoms. The Bertz CT molecular complexity index is 908. The highest BCUT2D eigenvalue weighted by atomic mass is 16.5. The van der Waals surface area contributed by atoms with E-state index < -0.39 is 0 Å². The van der Waals surface area contributed by atoms with Crippen LogP contribution in [0.2, 0.25) is 0 Å². The van der Waals surface area contributed by atoms with Crippen LogP contribution < -0.4 is 5.43 Å². The molecule has 0 fully saturated rings. The van der Waals surface area contributed by atoms with Crippen LogP contribution in [0.1, 0.15) is 56.8 Å². The number of allylic oxidation sites excluding steroid dienone is 6. The van der Waals surface area contributed by atoms with Gasteiger partial charge in [-0.3, -0.25) is 15.0 Å². The van der Waals surface area contributed by atoms with Crippen molar-refractivity contribution >= 4 is 29.9 Å². The van der Waals surface area contributed by atoms with Gasteiger partial charge in [0.1, 0.15) is 12.6 Å². The molecule has 0 aliphatic heterocycles. The fourth-order valence-corrected chi connectivity index (χ4v) is 3.37. The normalized spacial score (nSPS) is 17.6. The Balaban J connectivity index is 2.37. The second-order valence-corrected chi connectivity index (χ2v) is 7.16. The van der Waals surface area contributed by atoms with Gasteiger partial charge in [0.15, 0.2) is 0 Å². The number of carbonyl (C=O) groups excluding carboxylic acids is 3. The molecule has 1 N–H and O–H groups in total. The van der Waals surface area contributed by atoms with Gasteiger partial charge in [0.2, 0.25) is 0 Å². The van der Waals surface area contributed by atoms with Crippen LogP contribution in [0.4, 0.5) is 5.69 Å². The van der Waals surface area contributed by atoms with Gasteiger partial charge < -0.3 is 4.74 Å². The van der Waals surface area contributed by atoms with E-state index in [-0.39, 0.29) is 11.9 Å². The Morgan fingerprint density at radius 3 is 2.45 bits per heavy atom. The highest BCUT2D eigenvalue weighted by molar-refractivity contribution is 6.17. The summed E-state index contributed by atoms with van der Waals surface area (Å²) < 4.78 is 4.99. The highest BCUT2D eigenvalue weighted by Gasteiger charge is 2.27.